The van der Waals surface area contributed by atoms with Crippen molar-refractivity contribution in [3.63, 3.8) is 0 Å². The van der Waals surface area contributed by atoms with Gasteiger partial charge in [0.05, 0.1) is 31.1 Å². The number of amides is 1. The maximum atomic E-state index is 12.4. The van der Waals surface area contributed by atoms with Crippen LogP contribution in [-0.2, 0) is 24.4 Å². The van der Waals surface area contributed by atoms with Gasteiger partial charge in [0.25, 0.3) is 5.91 Å². The van der Waals surface area contributed by atoms with Crippen molar-refractivity contribution >= 4 is 5.91 Å². The van der Waals surface area contributed by atoms with Crippen LogP contribution in [0.4, 0.5) is 0 Å². The quantitative estimate of drug-likeness (QED) is 0.787. The van der Waals surface area contributed by atoms with Crippen LogP contribution in [0.3, 0.4) is 0 Å². The Morgan fingerprint density at radius 1 is 1.20 bits per heavy atom. The highest BCUT2D eigenvalue weighted by Gasteiger charge is 2.27. The SMILES string of the molecule is O=C(NCc1ccccn1)c1nnn2c1COC(c1ccccc1)C2. The molecule has 2 aromatic heterocycles. The number of fused-ring (bicyclic) bond motifs is 1. The lowest BCUT2D eigenvalue weighted by molar-refractivity contribution is -0.00177. The van der Waals surface area contributed by atoms with Crippen molar-refractivity contribution in [2.24, 2.45) is 0 Å². The zero-order valence-corrected chi connectivity index (χ0v) is 13.5. The monoisotopic (exact) mass is 335 g/mol. The largest absolute Gasteiger partial charge is 0.365 e. The number of pyridine rings is 1. The van der Waals surface area contributed by atoms with Gasteiger partial charge in [0.15, 0.2) is 5.69 Å². The van der Waals surface area contributed by atoms with E-state index in [0.29, 0.717) is 31.1 Å². The molecule has 0 radical (unpaired) electrons. The average Bonchev–Trinajstić information content (AvgIpc) is 3.11. The lowest BCUT2D eigenvalue weighted by atomic mass is 10.1. The Kier molecular flexibility index (Phi) is 4.22. The topological polar surface area (TPSA) is 81.9 Å². The van der Waals surface area contributed by atoms with Crippen LogP contribution in [0.2, 0.25) is 0 Å². The minimum absolute atomic E-state index is 0.0835. The smallest absolute Gasteiger partial charge is 0.274 e. The van der Waals surface area contributed by atoms with E-state index in [1.54, 1.807) is 10.9 Å². The molecule has 25 heavy (non-hydrogen) atoms. The van der Waals surface area contributed by atoms with Gasteiger partial charge >= 0.3 is 0 Å². The van der Waals surface area contributed by atoms with Crippen molar-refractivity contribution in [3.05, 3.63) is 77.4 Å². The van der Waals surface area contributed by atoms with Crippen LogP contribution in [0.25, 0.3) is 0 Å². The van der Waals surface area contributed by atoms with Crippen LogP contribution < -0.4 is 5.32 Å². The summed E-state index contributed by atoms with van der Waals surface area (Å²) in [5.41, 5.74) is 2.88. The number of benzene rings is 1. The summed E-state index contributed by atoms with van der Waals surface area (Å²) in [6, 6.07) is 15.5. The summed E-state index contributed by atoms with van der Waals surface area (Å²) in [5.74, 6) is -0.270. The highest BCUT2D eigenvalue weighted by molar-refractivity contribution is 5.93. The van der Waals surface area contributed by atoms with E-state index in [1.165, 1.54) is 0 Å². The Hall–Kier alpha value is -3.06. The molecule has 3 heterocycles. The van der Waals surface area contributed by atoms with Crippen molar-refractivity contribution in [1.29, 1.82) is 0 Å². The predicted molar refractivity (Wildman–Crippen MR) is 89.4 cm³/mol. The van der Waals surface area contributed by atoms with E-state index < -0.39 is 0 Å². The molecular weight excluding hydrogens is 318 g/mol. The zero-order valence-electron chi connectivity index (χ0n) is 13.5. The molecule has 0 fully saturated rings. The normalized spacial score (nSPS) is 16.2. The molecule has 1 N–H and O–H groups in total. The standard InChI is InChI=1S/C18H17N5O2/c24-18(20-10-14-8-4-5-9-19-14)17-15-12-25-16(11-23(15)22-21-17)13-6-2-1-3-7-13/h1-9,16H,10-12H2,(H,20,24). The molecule has 0 bridgehead atoms. The third-order valence-electron chi connectivity index (χ3n) is 4.14. The van der Waals surface area contributed by atoms with Crippen LogP contribution in [-0.4, -0.2) is 25.9 Å². The molecule has 0 saturated heterocycles. The first-order valence-corrected chi connectivity index (χ1v) is 8.08. The Balaban J connectivity index is 1.45. The highest BCUT2D eigenvalue weighted by atomic mass is 16.5. The Morgan fingerprint density at radius 3 is 2.84 bits per heavy atom. The van der Waals surface area contributed by atoms with E-state index in [-0.39, 0.29) is 12.0 Å². The molecule has 7 nitrogen and oxygen atoms in total. The molecule has 1 unspecified atom stereocenters. The van der Waals surface area contributed by atoms with E-state index in [0.717, 1.165) is 11.3 Å². The zero-order chi connectivity index (χ0) is 17.1. The number of nitrogens with zero attached hydrogens (tertiary/aromatic N) is 4. The molecule has 4 rings (SSSR count). The van der Waals surface area contributed by atoms with Crippen LogP contribution in [0.5, 0.6) is 0 Å². The minimum Gasteiger partial charge on any atom is -0.365 e. The number of aromatic nitrogens is 4. The van der Waals surface area contributed by atoms with Gasteiger partial charge in [-0.3, -0.25) is 9.78 Å². The summed E-state index contributed by atoms with van der Waals surface area (Å²) in [6.45, 7) is 1.19. The van der Waals surface area contributed by atoms with Gasteiger partial charge in [-0.25, -0.2) is 4.68 Å². The van der Waals surface area contributed by atoms with E-state index in [1.807, 2.05) is 48.5 Å². The van der Waals surface area contributed by atoms with Gasteiger partial charge in [-0.15, -0.1) is 5.10 Å². The first kappa shape index (κ1) is 15.5. The summed E-state index contributed by atoms with van der Waals surface area (Å²) in [6.07, 6.45) is 1.61. The second-order valence-corrected chi connectivity index (χ2v) is 5.78. The van der Waals surface area contributed by atoms with Gasteiger partial charge in [0.2, 0.25) is 0 Å². The number of ether oxygens (including phenoxy) is 1. The first-order chi connectivity index (χ1) is 12.3. The second kappa shape index (κ2) is 6.82. The predicted octanol–water partition coefficient (Wildman–Crippen LogP) is 1.87. The summed E-state index contributed by atoms with van der Waals surface area (Å²) < 4.78 is 7.66. The first-order valence-electron chi connectivity index (χ1n) is 8.08. The van der Waals surface area contributed by atoms with Crippen molar-refractivity contribution in [3.8, 4) is 0 Å². The lowest BCUT2D eigenvalue weighted by Gasteiger charge is -2.24. The van der Waals surface area contributed by atoms with E-state index >= 15 is 0 Å². The summed E-state index contributed by atoms with van der Waals surface area (Å²) in [7, 11) is 0. The lowest BCUT2D eigenvalue weighted by Crippen LogP contribution is -2.27. The van der Waals surface area contributed by atoms with Crippen molar-refractivity contribution in [1.82, 2.24) is 25.3 Å². The average molecular weight is 335 g/mol. The third kappa shape index (κ3) is 3.27. The maximum Gasteiger partial charge on any atom is 0.274 e. The molecule has 1 atom stereocenters. The third-order valence-corrected chi connectivity index (χ3v) is 4.14. The fourth-order valence-electron chi connectivity index (χ4n) is 2.81. The van der Waals surface area contributed by atoms with Crippen LogP contribution >= 0.6 is 0 Å². The second-order valence-electron chi connectivity index (χ2n) is 5.78. The fourth-order valence-corrected chi connectivity index (χ4v) is 2.81. The van der Waals surface area contributed by atoms with Gasteiger partial charge in [-0.05, 0) is 17.7 Å². The van der Waals surface area contributed by atoms with Gasteiger partial charge in [-0.1, -0.05) is 41.6 Å². The van der Waals surface area contributed by atoms with Crippen molar-refractivity contribution in [2.45, 2.75) is 25.8 Å². The fraction of sp³-hybridized carbons (Fsp3) is 0.222. The van der Waals surface area contributed by atoms with E-state index in [4.69, 9.17) is 4.74 Å². The van der Waals surface area contributed by atoms with Gasteiger partial charge < -0.3 is 10.1 Å². The Morgan fingerprint density at radius 2 is 2.04 bits per heavy atom. The number of carbonyl (C=O) groups is 1. The van der Waals surface area contributed by atoms with Crippen LogP contribution in [0.15, 0.2) is 54.7 Å². The summed E-state index contributed by atoms with van der Waals surface area (Å²) >= 11 is 0. The van der Waals surface area contributed by atoms with E-state index in [9.17, 15) is 4.79 Å². The molecule has 3 aromatic rings. The molecule has 0 saturated carbocycles. The van der Waals surface area contributed by atoms with Gasteiger partial charge in [-0.2, -0.15) is 0 Å². The van der Waals surface area contributed by atoms with E-state index in [2.05, 4.69) is 20.6 Å². The number of hydrogen-bond donors (Lipinski definition) is 1. The molecule has 0 aliphatic carbocycles. The van der Waals surface area contributed by atoms with Crippen LogP contribution in [0, 0.1) is 0 Å². The van der Waals surface area contributed by atoms with Crippen LogP contribution in [0.1, 0.15) is 33.5 Å². The molecule has 1 aliphatic heterocycles. The van der Waals surface area contributed by atoms with Gasteiger partial charge in [0.1, 0.15) is 6.10 Å². The molecule has 1 aliphatic rings. The molecule has 126 valence electrons. The Labute approximate surface area is 144 Å². The number of carbonyl (C=O) groups excluding carboxylic acids is 1. The number of hydrogen-bond acceptors (Lipinski definition) is 5. The Bertz CT molecular complexity index is 864. The number of rotatable bonds is 4. The molecule has 0 spiro atoms. The highest BCUT2D eigenvalue weighted by Crippen LogP contribution is 2.26. The molecule has 1 aromatic carbocycles. The maximum absolute atomic E-state index is 12.4. The van der Waals surface area contributed by atoms with Crippen molar-refractivity contribution in [2.75, 3.05) is 0 Å². The number of nitrogens with one attached hydrogen (secondary N) is 1. The molecular formula is C18H17N5O2. The molecule has 1 amide bonds. The molecule has 7 heteroatoms. The minimum atomic E-state index is -0.270. The van der Waals surface area contributed by atoms with Gasteiger partial charge in [0, 0.05) is 6.20 Å². The van der Waals surface area contributed by atoms with Crippen molar-refractivity contribution < 1.29 is 9.53 Å². The summed E-state index contributed by atoms with van der Waals surface area (Å²) in [5, 5.41) is 11.0. The summed E-state index contributed by atoms with van der Waals surface area (Å²) in [4.78, 5) is 16.6.